The average molecular weight is 315 g/mol. The molecule has 0 spiro atoms. The molecule has 1 aromatic heterocycles. The second kappa shape index (κ2) is 6.75. The van der Waals surface area contributed by atoms with Crippen molar-refractivity contribution in [3.63, 3.8) is 0 Å². The summed E-state index contributed by atoms with van der Waals surface area (Å²) in [5.41, 5.74) is 5.85. The van der Waals surface area contributed by atoms with E-state index in [-0.39, 0.29) is 5.56 Å². The third-order valence-corrected chi connectivity index (χ3v) is 3.93. The number of hydrogen-bond acceptors (Lipinski definition) is 2. The number of benzene rings is 1. The lowest BCUT2D eigenvalue weighted by atomic mass is 10.1. The maximum atomic E-state index is 12.0. The minimum Gasteiger partial charge on any atom is -0.358 e. The molecule has 116 valence electrons. The van der Waals surface area contributed by atoms with Gasteiger partial charge in [-0.1, -0.05) is 6.07 Å². The molecule has 0 atom stereocenters. The van der Waals surface area contributed by atoms with Gasteiger partial charge in [-0.15, -0.1) is 0 Å². The normalized spacial score (nSPS) is 10.4. The molecule has 0 aliphatic rings. The number of aryl methyl sites for hydroxylation is 4. The Bertz CT molecular complexity index is 765. The first-order chi connectivity index (χ1) is 10.4. The Morgan fingerprint density at radius 2 is 1.82 bits per heavy atom. The van der Waals surface area contributed by atoms with Crippen molar-refractivity contribution in [1.82, 2.24) is 10.3 Å². The van der Waals surface area contributed by atoms with Gasteiger partial charge in [0.2, 0.25) is 0 Å². The molecule has 0 aliphatic heterocycles. The van der Waals surface area contributed by atoms with Gasteiger partial charge in [0, 0.05) is 23.5 Å². The quantitative estimate of drug-likeness (QED) is 0.762. The Kier molecular flexibility index (Phi) is 4.98. The lowest BCUT2D eigenvalue weighted by molar-refractivity contribution is 0.884. The molecule has 0 aliphatic carbocycles. The van der Waals surface area contributed by atoms with E-state index in [2.05, 4.69) is 35.5 Å². The fourth-order valence-corrected chi connectivity index (χ4v) is 2.45. The van der Waals surface area contributed by atoms with Crippen molar-refractivity contribution in [3.05, 3.63) is 62.6 Å². The summed E-state index contributed by atoms with van der Waals surface area (Å²) in [6.07, 6.45) is 0. The van der Waals surface area contributed by atoms with Crippen LogP contribution in [0.25, 0.3) is 0 Å². The van der Waals surface area contributed by atoms with Gasteiger partial charge < -0.3 is 15.6 Å². The minimum atomic E-state index is -0.0704. The van der Waals surface area contributed by atoms with Gasteiger partial charge in [0.15, 0.2) is 5.11 Å². The van der Waals surface area contributed by atoms with Gasteiger partial charge in [-0.3, -0.25) is 4.79 Å². The van der Waals surface area contributed by atoms with Crippen molar-refractivity contribution >= 4 is 23.0 Å². The molecule has 2 aromatic rings. The molecule has 0 unspecified atom stereocenters. The summed E-state index contributed by atoms with van der Waals surface area (Å²) in [7, 11) is 0. The molecule has 1 heterocycles. The summed E-state index contributed by atoms with van der Waals surface area (Å²) in [6.45, 7) is 8.34. The van der Waals surface area contributed by atoms with E-state index < -0.39 is 0 Å². The number of H-pyrrole nitrogens is 1. The van der Waals surface area contributed by atoms with E-state index in [1.165, 1.54) is 11.1 Å². The van der Waals surface area contributed by atoms with E-state index in [9.17, 15) is 4.79 Å². The second-order valence-electron chi connectivity index (χ2n) is 5.55. The van der Waals surface area contributed by atoms with Gasteiger partial charge in [0.05, 0.1) is 0 Å². The Hall–Kier alpha value is -2.14. The van der Waals surface area contributed by atoms with Crippen LogP contribution in [0.1, 0.15) is 27.9 Å². The second-order valence-corrected chi connectivity index (χ2v) is 5.96. The highest BCUT2D eigenvalue weighted by atomic mass is 32.1. The number of aromatic nitrogens is 1. The highest BCUT2D eigenvalue weighted by Crippen LogP contribution is 2.14. The summed E-state index contributed by atoms with van der Waals surface area (Å²) in [6, 6.07) is 8.04. The molecule has 1 aromatic carbocycles. The van der Waals surface area contributed by atoms with Crippen LogP contribution in [0.15, 0.2) is 29.1 Å². The number of hydrogen-bond donors (Lipinski definition) is 3. The van der Waals surface area contributed by atoms with Crippen molar-refractivity contribution in [2.45, 2.75) is 34.2 Å². The number of anilines is 1. The zero-order chi connectivity index (χ0) is 16.3. The molecule has 5 heteroatoms. The number of pyridine rings is 1. The molecule has 4 nitrogen and oxygen atoms in total. The van der Waals surface area contributed by atoms with Crippen LogP contribution in [-0.2, 0) is 6.54 Å². The number of rotatable bonds is 3. The van der Waals surface area contributed by atoms with Crippen LogP contribution in [0.2, 0.25) is 0 Å². The minimum absolute atomic E-state index is 0.0704. The first-order valence-electron chi connectivity index (χ1n) is 7.18. The first-order valence-corrected chi connectivity index (χ1v) is 7.59. The van der Waals surface area contributed by atoms with E-state index in [4.69, 9.17) is 12.2 Å². The zero-order valence-corrected chi connectivity index (χ0v) is 14.1. The number of nitrogens with one attached hydrogen (secondary N) is 3. The van der Waals surface area contributed by atoms with Gasteiger partial charge >= 0.3 is 0 Å². The van der Waals surface area contributed by atoms with Crippen LogP contribution in [0, 0.1) is 27.7 Å². The van der Waals surface area contributed by atoms with Crippen LogP contribution in [0.4, 0.5) is 5.69 Å². The Morgan fingerprint density at radius 3 is 2.45 bits per heavy atom. The van der Waals surface area contributed by atoms with Crippen molar-refractivity contribution in [3.8, 4) is 0 Å². The summed E-state index contributed by atoms with van der Waals surface area (Å²) in [5.74, 6) is 0. The van der Waals surface area contributed by atoms with E-state index in [1.807, 2.05) is 32.0 Å². The third kappa shape index (κ3) is 3.95. The maximum Gasteiger partial charge on any atom is 0.253 e. The van der Waals surface area contributed by atoms with Crippen LogP contribution in [-0.4, -0.2) is 10.1 Å². The Morgan fingerprint density at radius 1 is 1.09 bits per heavy atom. The summed E-state index contributed by atoms with van der Waals surface area (Å²) < 4.78 is 0. The fraction of sp³-hybridized carbons (Fsp3) is 0.294. The van der Waals surface area contributed by atoms with Gasteiger partial charge in [-0.2, -0.15) is 0 Å². The Labute approximate surface area is 136 Å². The lowest BCUT2D eigenvalue weighted by Gasteiger charge is -2.13. The molecule has 0 amide bonds. The highest BCUT2D eigenvalue weighted by molar-refractivity contribution is 7.80. The van der Waals surface area contributed by atoms with Crippen molar-refractivity contribution in [1.29, 1.82) is 0 Å². The summed E-state index contributed by atoms with van der Waals surface area (Å²) in [4.78, 5) is 14.8. The summed E-state index contributed by atoms with van der Waals surface area (Å²) in [5, 5.41) is 6.72. The number of thiocarbonyl (C=S) groups is 1. The molecule has 2 rings (SSSR count). The van der Waals surface area contributed by atoms with Gasteiger partial charge in [0.1, 0.15) is 0 Å². The van der Waals surface area contributed by atoms with Gasteiger partial charge in [-0.05, 0) is 74.8 Å². The topological polar surface area (TPSA) is 56.9 Å². The SMILES string of the molecule is Cc1cc(C)c(CNC(=S)Nc2ccc(C)c(C)c2)c(=O)[nH]1. The van der Waals surface area contributed by atoms with Crippen LogP contribution >= 0.6 is 12.2 Å². The molecular weight excluding hydrogens is 294 g/mol. The van der Waals surface area contributed by atoms with Crippen molar-refractivity contribution in [2.75, 3.05) is 5.32 Å². The van der Waals surface area contributed by atoms with E-state index in [0.717, 1.165) is 16.9 Å². The predicted octanol–water partition coefficient (Wildman–Crippen LogP) is 3.10. The smallest absolute Gasteiger partial charge is 0.253 e. The third-order valence-electron chi connectivity index (χ3n) is 3.68. The van der Waals surface area contributed by atoms with E-state index in [1.54, 1.807) is 0 Å². The monoisotopic (exact) mass is 315 g/mol. The molecule has 0 saturated heterocycles. The zero-order valence-electron chi connectivity index (χ0n) is 13.3. The average Bonchev–Trinajstić information content (AvgIpc) is 2.41. The summed E-state index contributed by atoms with van der Waals surface area (Å²) >= 11 is 5.29. The van der Waals surface area contributed by atoms with Crippen molar-refractivity contribution < 1.29 is 0 Å². The largest absolute Gasteiger partial charge is 0.358 e. The highest BCUT2D eigenvalue weighted by Gasteiger charge is 2.06. The van der Waals surface area contributed by atoms with Gasteiger partial charge in [-0.25, -0.2) is 0 Å². The molecule has 0 radical (unpaired) electrons. The molecule has 22 heavy (non-hydrogen) atoms. The standard InChI is InChI=1S/C17H21N3OS/c1-10-5-6-14(8-11(10)2)20-17(22)18-9-15-12(3)7-13(4)19-16(15)21/h5-8H,9H2,1-4H3,(H,19,21)(H2,18,20,22). The molecule has 3 N–H and O–H groups in total. The molecule has 0 fully saturated rings. The maximum absolute atomic E-state index is 12.0. The van der Waals surface area contributed by atoms with Crippen LogP contribution < -0.4 is 16.2 Å². The lowest BCUT2D eigenvalue weighted by Crippen LogP contribution is -2.31. The first kappa shape index (κ1) is 16.2. The fourth-order valence-electron chi connectivity index (χ4n) is 2.26. The molecule has 0 bridgehead atoms. The number of aromatic amines is 1. The van der Waals surface area contributed by atoms with Crippen LogP contribution in [0.5, 0.6) is 0 Å². The van der Waals surface area contributed by atoms with E-state index in [0.29, 0.717) is 17.2 Å². The molecule has 0 saturated carbocycles. The van der Waals surface area contributed by atoms with Crippen molar-refractivity contribution in [2.24, 2.45) is 0 Å². The van der Waals surface area contributed by atoms with E-state index >= 15 is 0 Å². The molecular formula is C17H21N3OS. The Balaban J connectivity index is 2.01. The van der Waals surface area contributed by atoms with Gasteiger partial charge in [0.25, 0.3) is 5.56 Å². The van der Waals surface area contributed by atoms with Crippen LogP contribution in [0.3, 0.4) is 0 Å². The predicted molar refractivity (Wildman–Crippen MR) is 95.5 cm³/mol.